The van der Waals surface area contributed by atoms with E-state index in [1.54, 1.807) is 20.8 Å². The van der Waals surface area contributed by atoms with Gasteiger partial charge < -0.3 is 31.9 Å². The molecule has 0 radical (unpaired) electrons. The molecule has 5 unspecified atom stereocenters. The van der Waals surface area contributed by atoms with Gasteiger partial charge in [-0.05, 0) is 18.8 Å². The van der Waals surface area contributed by atoms with Crippen molar-refractivity contribution < 1.29 is 29.4 Å². The van der Waals surface area contributed by atoms with Crippen LogP contribution in [-0.2, 0) is 19.2 Å². The van der Waals surface area contributed by atoms with Crippen LogP contribution in [0, 0.1) is 11.8 Å². The molecule has 0 saturated heterocycles. The number of carbonyl (C=O) groups is 4. The number of carboxylic acid groups (broad SMARTS) is 1. The van der Waals surface area contributed by atoms with Gasteiger partial charge in [-0.1, -0.05) is 34.1 Å². The van der Waals surface area contributed by atoms with Crippen LogP contribution in [-0.4, -0.2) is 64.7 Å². The Balaban J connectivity index is 5.30. The van der Waals surface area contributed by atoms with Crippen molar-refractivity contribution in [3.05, 3.63) is 0 Å². The van der Waals surface area contributed by atoms with Gasteiger partial charge in [-0.25, -0.2) is 4.79 Å². The van der Waals surface area contributed by atoms with E-state index in [2.05, 4.69) is 16.0 Å². The molecular weight excluding hydrogens is 356 g/mol. The van der Waals surface area contributed by atoms with Crippen LogP contribution in [0.15, 0.2) is 0 Å². The first-order chi connectivity index (χ1) is 12.5. The predicted molar refractivity (Wildman–Crippen MR) is 98.5 cm³/mol. The quantitative estimate of drug-likeness (QED) is 0.252. The summed E-state index contributed by atoms with van der Waals surface area (Å²) in [4.78, 5) is 47.9. The summed E-state index contributed by atoms with van der Waals surface area (Å²) < 4.78 is 0. The van der Waals surface area contributed by atoms with E-state index in [0.29, 0.717) is 6.42 Å². The predicted octanol–water partition coefficient (Wildman–Crippen LogP) is -1.43. The Kier molecular flexibility index (Phi) is 10.6. The minimum atomic E-state index is -1.29. The maximum absolute atomic E-state index is 12.6. The Morgan fingerprint density at radius 2 is 1.37 bits per heavy atom. The highest BCUT2D eigenvalue weighted by Crippen LogP contribution is 2.10. The van der Waals surface area contributed by atoms with Gasteiger partial charge in [0.05, 0.1) is 12.6 Å². The number of nitrogens with two attached hydrogens (primary N) is 1. The molecule has 0 heterocycles. The van der Waals surface area contributed by atoms with E-state index in [9.17, 15) is 29.4 Å². The van der Waals surface area contributed by atoms with Crippen LogP contribution < -0.4 is 21.7 Å². The van der Waals surface area contributed by atoms with Gasteiger partial charge in [-0.3, -0.25) is 14.4 Å². The fourth-order valence-corrected chi connectivity index (χ4v) is 2.34. The number of carboxylic acids is 1. The summed E-state index contributed by atoms with van der Waals surface area (Å²) in [6.07, 6.45) is -0.672. The molecule has 0 aromatic rings. The van der Waals surface area contributed by atoms with Crippen LogP contribution in [0.3, 0.4) is 0 Å². The van der Waals surface area contributed by atoms with Gasteiger partial charge in [-0.2, -0.15) is 0 Å². The Morgan fingerprint density at radius 3 is 1.74 bits per heavy atom. The van der Waals surface area contributed by atoms with Gasteiger partial charge in [0.25, 0.3) is 0 Å². The van der Waals surface area contributed by atoms with E-state index >= 15 is 0 Å². The van der Waals surface area contributed by atoms with Crippen LogP contribution in [0.1, 0.15) is 41.0 Å². The second-order valence-corrected chi connectivity index (χ2v) is 6.93. The summed E-state index contributed by atoms with van der Waals surface area (Å²) in [5.41, 5.74) is 5.20. The summed E-state index contributed by atoms with van der Waals surface area (Å²) in [5.74, 6) is -3.88. The van der Waals surface area contributed by atoms with Crippen LogP contribution in [0.4, 0.5) is 0 Å². The summed E-state index contributed by atoms with van der Waals surface area (Å²) in [6.45, 7) is 7.82. The topological polar surface area (TPSA) is 171 Å². The number of aliphatic hydroxyl groups is 1. The van der Waals surface area contributed by atoms with Crippen LogP contribution in [0.25, 0.3) is 0 Å². The first-order valence-corrected chi connectivity index (χ1v) is 8.97. The Morgan fingerprint density at radius 1 is 0.889 bits per heavy atom. The molecule has 0 aromatic heterocycles. The second-order valence-electron chi connectivity index (χ2n) is 6.93. The van der Waals surface area contributed by atoms with Gasteiger partial charge in [0.2, 0.25) is 17.7 Å². The minimum absolute atomic E-state index is 0.302. The Bertz CT molecular complexity index is 538. The lowest BCUT2D eigenvalue weighted by Gasteiger charge is -2.28. The summed E-state index contributed by atoms with van der Waals surface area (Å²) in [7, 11) is 0. The van der Waals surface area contributed by atoms with Crippen LogP contribution in [0.2, 0.25) is 0 Å². The first kappa shape index (κ1) is 24.8. The van der Waals surface area contributed by atoms with Gasteiger partial charge in [0.15, 0.2) is 0 Å². The molecule has 3 amide bonds. The number of nitrogens with one attached hydrogen (secondary N) is 3. The van der Waals surface area contributed by atoms with Crippen molar-refractivity contribution in [2.75, 3.05) is 6.54 Å². The number of hydrogen-bond acceptors (Lipinski definition) is 6. The zero-order valence-corrected chi connectivity index (χ0v) is 16.5. The highest BCUT2D eigenvalue weighted by Gasteiger charge is 2.33. The summed E-state index contributed by atoms with van der Waals surface area (Å²) in [6, 6.07) is -3.43. The SMILES string of the molecule is CCC(C)C(NC(=O)C(NC(=O)C(NC(=O)CN)C(C)O)C(C)C)C(=O)O. The summed E-state index contributed by atoms with van der Waals surface area (Å²) >= 11 is 0. The standard InChI is InChI=1S/C17H32N4O6/c1-6-9(4)13(17(26)27)21-15(24)12(8(2)3)20-16(25)14(10(5)22)19-11(23)7-18/h8-10,12-14,22H,6-7,18H2,1-5H3,(H,19,23)(H,20,25)(H,21,24)(H,26,27). The monoisotopic (exact) mass is 388 g/mol. The lowest BCUT2D eigenvalue weighted by Crippen LogP contribution is -2.60. The van der Waals surface area contributed by atoms with E-state index in [-0.39, 0.29) is 18.4 Å². The first-order valence-electron chi connectivity index (χ1n) is 8.97. The lowest BCUT2D eigenvalue weighted by molar-refractivity contribution is -0.144. The van der Waals surface area contributed by atoms with Gasteiger partial charge in [-0.15, -0.1) is 0 Å². The molecular formula is C17H32N4O6. The molecule has 0 saturated carbocycles. The van der Waals surface area contributed by atoms with Crippen molar-refractivity contribution >= 4 is 23.7 Å². The number of carbonyl (C=O) groups excluding carboxylic acids is 3. The van der Waals surface area contributed by atoms with Gasteiger partial charge in [0.1, 0.15) is 18.1 Å². The van der Waals surface area contributed by atoms with Crippen molar-refractivity contribution in [2.45, 2.75) is 65.3 Å². The van der Waals surface area contributed by atoms with Crippen molar-refractivity contribution in [3.63, 3.8) is 0 Å². The third-order valence-electron chi connectivity index (χ3n) is 4.29. The Hall–Kier alpha value is -2.20. The van der Waals surface area contributed by atoms with Crippen molar-refractivity contribution in [1.29, 1.82) is 0 Å². The van der Waals surface area contributed by atoms with E-state index in [4.69, 9.17) is 5.73 Å². The van der Waals surface area contributed by atoms with E-state index in [1.165, 1.54) is 6.92 Å². The van der Waals surface area contributed by atoms with Gasteiger partial charge in [0, 0.05) is 0 Å². The molecule has 5 atom stereocenters. The molecule has 156 valence electrons. The van der Waals surface area contributed by atoms with Crippen molar-refractivity contribution in [2.24, 2.45) is 17.6 Å². The molecule has 0 aliphatic carbocycles. The molecule has 0 aliphatic heterocycles. The lowest BCUT2D eigenvalue weighted by atomic mass is 9.97. The fourth-order valence-electron chi connectivity index (χ4n) is 2.34. The van der Waals surface area contributed by atoms with E-state index < -0.39 is 47.9 Å². The highest BCUT2D eigenvalue weighted by molar-refractivity contribution is 5.94. The van der Waals surface area contributed by atoms with Crippen molar-refractivity contribution in [1.82, 2.24) is 16.0 Å². The van der Waals surface area contributed by atoms with Crippen molar-refractivity contribution in [3.8, 4) is 0 Å². The molecule has 0 rings (SSSR count). The van der Waals surface area contributed by atoms with Crippen LogP contribution >= 0.6 is 0 Å². The fraction of sp³-hybridized carbons (Fsp3) is 0.765. The number of aliphatic hydroxyl groups excluding tert-OH is 1. The second kappa shape index (κ2) is 11.5. The highest BCUT2D eigenvalue weighted by atomic mass is 16.4. The number of hydrogen-bond donors (Lipinski definition) is 6. The van der Waals surface area contributed by atoms with Gasteiger partial charge >= 0.3 is 5.97 Å². The zero-order valence-electron chi connectivity index (χ0n) is 16.5. The van der Waals surface area contributed by atoms with Crippen LogP contribution in [0.5, 0.6) is 0 Å². The molecule has 10 heteroatoms. The average Bonchev–Trinajstić information content (AvgIpc) is 2.59. The maximum Gasteiger partial charge on any atom is 0.326 e. The minimum Gasteiger partial charge on any atom is -0.480 e. The zero-order chi connectivity index (χ0) is 21.3. The molecule has 0 spiro atoms. The molecule has 27 heavy (non-hydrogen) atoms. The maximum atomic E-state index is 12.6. The average molecular weight is 388 g/mol. The number of aliphatic carboxylic acids is 1. The largest absolute Gasteiger partial charge is 0.480 e. The normalized spacial score (nSPS) is 16.6. The van der Waals surface area contributed by atoms with E-state index in [1.807, 2.05) is 6.92 Å². The summed E-state index contributed by atoms with van der Waals surface area (Å²) in [5, 5.41) is 26.3. The smallest absolute Gasteiger partial charge is 0.326 e. The molecule has 0 bridgehead atoms. The molecule has 10 nitrogen and oxygen atoms in total. The molecule has 0 aromatic carbocycles. The number of amides is 3. The molecule has 7 N–H and O–H groups in total. The third kappa shape index (κ3) is 7.92. The molecule has 0 fully saturated rings. The Labute approximate surface area is 159 Å². The molecule has 0 aliphatic rings. The third-order valence-corrected chi connectivity index (χ3v) is 4.29. The number of rotatable bonds is 11. The van der Waals surface area contributed by atoms with E-state index in [0.717, 1.165) is 0 Å².